The number of nitrogens with zero attached hydrogens (tertiary/aromatic N) is 2. The third kappa shape index (κ3) is 4.12. The Morgan fingerprint density at radius 1 is 1.19 bits per heavy atom. The van der Waals surface area contributed by atoms with E-state index in [1.165, 1.54) is 0 Å². The highest BCUT2D eigenvalue weighted by molar-refractivity contribution is 9.10. The van der Waals surface area contributed by atoms with Gasteiger partial charge in [0.05, 0.1) is 5.56 Å². The van der Waals surface area contributed by atoms with E-state index >= 15 is 0 Å². The van der Waals surface area contributed by atoms with Gasteiger partial charge in [-0.05, 0) is 71.2 Å². The van der Waals surface area contributed by atoms with Gasteiger partial charge < -0.3 is 10.2 Å². The molecule has 6 heteroatoms. The monoisotopic (exact) mass is 411 g/mol. The Hall–Kier alpha value is -2.65. The van der Waals surface area contributed by atoms with E-state index in [0.29, 0.717) is 21.3 Å². The Labute approximate surface area is 160 Å². The number of hydrogen-bond donors (Lipinski definition) is 1. The van der Waals surface area contributed by atoms with E-state index in [4.69, 9.17) is 5.26 Å². The van der Waals surface area contributed by atoms with Crippen LogP contribution in [0.5, 0.6) is 0 Å². The minimum absolute atomic E-state index is 0.0116. The molecule has 1 N–H and O–H groups in total. The van der Waals surface area contributed by atoms with Gasteiger partial charge in [-0.25, -0.2) is 0 Å². The second-order valence-electron chi connectivity index (χ2n) is 6.27. The molecule has 1 fully saturated rings. The molecule has 0 radical (unpaired) electrons. The third-order valence-corrected chi connectivity index (χ3v) is 5.27. The van der Waals surface area contributed by atoms with Crippen LogP contribution in [0, 0.1) is 17.2 Å². The zero-order valence-corrected chi connectivity index (χ0v) is 15.7. The summed E-state index contributed by atoms with van der Waals surface area (Å²) < 4.78 is 0.673. The first-order valence-corrected chi connectivity index (χ1v) is 9.20. The number of nitrogens with one attached hydrogen (secondary N) is 1. The molecule has 0 spiro atoms. The second-order valence-corrected chi connectivity index (χ2v) is 7.12. The van der Waals surface area contributed by atoms with Crippen molar-refractivity contribution >= 4 is 39.5 Å². The van der Waals surface area contributed by atoms with Gasteiger partial charge in [0.25, 0.3) is 0 Å². The summed E-state index contributed by atoms with van der Waals surface area (Å²) in [6.45, 7) is 1.60. The molecule has 1 heterocycles. The Balaban J connectivity index is 1.57. The van der Waals surface area contributed by atoms with Crippen LogP contribution in [-0.2, 0) is 4.79 Å². The van der Waals surface area contributed by atoms with Crippen molar-refractivity contribution in [3.63, 3.8) is 0 Å². The van der Waals surface area contributed by atoms with Crippen LogP contribution in [0.3, 0.4) is 0 Å². The number of benzene rings is 2. The minimum Gasteiger partial charge on any atom is -0.371 e. The molecule has 0 unspecified atom stereocenters. The van der Waals surface area contributed by atoms with Gasteiger partial charge in [-0.3, -0.25) is 9.59 Å². The Morgan fingerprint density at radius 2 is 1.88 bits per heavy atom. The summed E-state index contributed by atoms with van der Waals surface area (Å²) in [5.41, 5.74) is 2.96. The topological polar surface area (TPSA) is 73.2 Å². The fourth-order valence-electron chi connectivity index (χ4n) is 3.09. The van der Waals surface area contributed by atoms with Gasteiger partial charge in [-0.15, -0.1) is 0 Å². The highest BCUT2D eigenvalue weighted by Gasteiger charge is 2.25. The molecule has 2 aromatic carbocycles. The number of hydrogen-bond acceptors (Lipinski definition) is 4. The van der Waals surface area contributed by atoms with E-state index in [2.05, 4.69) is 32.2 Å². The lowest BCUT2D eigenvalue weighted by molar-refractivity contribution is -0.120. The van der Waals surface area contributed by atoms with Crippen molar-refractivity contribution in [2.45, 2.75) is 12.8 Å². The summed E-state index contributed by atoms with van der Waals surface area (Å²) in [5, 5.41) is 11.9. The molecule has 3 rings (SSSR count). The van der Waals surface area contributed by atoms with E-state index in [-0.39, 0.29) is 11.8 Å². The summed E-state index contributed by atoms with van der Waals surface area (Å²) >= 11 is 3.33. The molecule has 0 aromatic heterocycles. The van der Waals surface area contributed by atoms with Crippen LogP contribution in [0.4, 0.5) is 11.4 Å². The molecule has 2 aromatic rings. The molecule has 1 saturated heterocycles. The van der Waals surface area contributed by atoms with Gasteiger partial charge in [-0.1, -0.05) is 0 Å². The standard InChI is InChI=1S/C20H18BrN3O2/c21-19-11-17(4-3-16(19)12-22)23-20(26)15-7-9-24(10-8-15)18-5-1-14(13-25)2-6-18/h1-6,11,13,15H,7-10H2,(H,23,26). The number of rotatable bonds is 4. The molecule has 0 bridgehead atoms. The third-order valence-electron chi connectivity index (χ3n) is 4.62. The molecule has 1 aliphatic heterocycles. The van der Waals surface area contributed by atoms with Crippen LogP contribution in [0.1, 0.15) is 28.8 Å². The average Bonchev–Trinajstić information content (AvgIpc) is 2.68. The largest absolute Gasteiger partial charge is 0.371 e. The Kier molecular flexibility index (Phi) is 5.69. The number of anilines is 2. The molecule has 1 aliphatic rings. The smallest absolute Gasteiger partial charge is 0.227 e. The maximum Gasteiger partial charge on any atom is 0.227 e. The molecular weight excluding hydrogens is 394 g/mol. The van der Waals surface area contributed by atoms with Gasteiger partial charge in [0.15, 0.2) is 0 Å². The summed E-state index contributed by atoms with van der Waals surface area (Å²) in [5.74, 6) is -0.0209. The number of halogens is 1. The first-order valence-electron chi connectivity index (χ1n) is 8.41. The van der Waals surface area contributed by atoms with E-state index in [9.17, 15) is 9.59 Å². The van der Waals surface area contributed by atoms with Crippen molar-refractivity contribution < 1.29 is 9.59 Å². The van der Waals surface area contributed by atoms with Gasteiger partial charge in [0.1, 0.15) is 12.4 Å². The van der Waals surface area contributed by atoms with E-state index < -0.39 is 0 Å². The van der Waals surface area contributed by atoms with E-state index in [1.54, 1.807) is 18.2 Å². The summed E-state index contributed by atoms with van der Waals surface area (Å²) in [6.07, 6.45) is 2.39. The fourth-order valence-corrected chi connectivity index (χ4v) is 3.56. The second kappa shape index (κ2) is 8.15. The van der Waals surface area contributed by atoms with E-state index in [1.807, 2.05) is 24.3 Å². The molecule has 0 atom stereocenters. The zero-order valence-electron chi connectivity index (χ0n) is 14.1. The first kappa shape index (κ1) is 18.2. The number of aldehydes is 1. The Bertz CT molecular complexity index is 850. The summed E-state index contributed by atoms with van der Waals surface area (Å²) in [4.78, 5) is 25.5. The summed E-state index contributed by atoms with van der Waals surface area (Å²) in [6, 6.07) is 14.8. The Morgan fingerprint density at radius 3 is 2.46 bits per heavy atom. The number of nitriles is 1. The minimum atomic E-state index is -0.0325. The number of carbonyl (C=O) groups is 2. The van der Waals surface area contributed by atoms with Crippen molar-refractivity contribution in [2.75, 3.05) is 23.3 Å². The van der Waals surface area contributed by atoms with Crippen molar-refractivity contribution in [2.24, 2.45) is 5.92 Å². The first-order chi connectivity index (χ1) is 12.6. The highest BCUT2D eigenvalue weighted by atomic mass is 79.9. The average molecular weight is 412 g/mol. The van der Waals surface area contributed by atoms with Gasteiger partial charge in [-0.2, -0.15) is 5.26 Å². The van der Waals surface area contributed by atoms with Crippen LogP contribution >= 0.6 is 15.9 Å². The lowest BCUT2D eigenvalue weighted by Crippen LogP contribution is -2.38. The number of carbonyl (C=O) groups excluding carboxylic acids is 2. The van der Waals surface area contributed by atoms with Gasteiger partial charge in [0, 0.05) is 40.4 Å². The van der Waals surface area contributed by atoms with Crippen molar-refractivity contribution in [3.8, 4) is 6.07 Å². The van der Waals surface area contributed by atoms with E-state index in [0.717, 1.165) is 37.9 Å². The molecule has 132 valence electrons. The zero-order chi connectivity index (χ0) is 18.5. The van der Waals surface area contributed by atoms with Crippen LogP contribution in [0.25, 0.3) is 0 Å². The fraction of sp³-hybridized carbons (Fsp3) is 0.250. The maximum atomic E-state index is 12.5. The lowest BCUT2D eigenvalue weighted by Gasteiger charge is -2.33. The number of piperidine rings is 1. The molecule has 0 saturated carbocycles. The van der Waals surface area contributed by atoms with Crippen molar-refractivity contribution in [1.82, 2.24) is 0 Å². The van der Waals surface area contributed by atoms with Crippen LogP contribution < -0.4 is 10.2 Å². The quantitative estimate of drug-likeness (QED) is 0.771. The molecule has 0 aliphatic carbocycles. The van der Waals surface area contributed by atoms with Crippen LogP contribution in [-0.4, -0.2) is 25.3 Å². The molecule has 26 heavy (non-hydrogen) atoms. The van der Waals surface area contributed by atoms with Gasteiger partial charge >= 0.3 is 0 Å². The lowest BCUT2D eigenvalue weighted by atomic mass is 9.95. The van der Waals surface area contributed by atoms with Crippen LogP contribution in [0.15, 0.2) is 46.9 Å². The van der Waals surface area contributed by atoms with Crippen molar-refractivity contribution in [3.05, 3.63) is 58.1 Å². The molecule has 5 nitrogen and oxygen atoms in total. The predicted octanol–water partition coefficient (Wildman–Crippen LogP) is 3.99. The maximum absolute atomic E-state index is 12.5. The van der Waals surface area contributed by atoms with Gasteiger partial charge in [0.2, 0.25) is 5.91 Å². The molecule has 1 amide bonds. The highest BCUT2D eigenvalue weighted by Crippen LogP contribution is 2.26. The predicted molar refractivity (Wildman–Crippen MR) is 104 cm³/mol. The SMILES string of the molecule is N#Cc1ccc(NC(=O)C2CCN(c3ccc(C=O)cc3)CC2)cc1Br. The number of amides is 1. The molecular formula is C20H18BrN3O2. The summed E-state index contributed by atoms with van der Waals surface area (Å²) in [7, 11) is 0. The van der Waals surface area contributed by atoms with Crippen LogP contribution in [0.2, 0.25) is 0 Å². The normalized spacial score (nSPS) is 14.5. The van der Waals surface area contributed by atoms with Crippen molar-refractivity contribution in [1.29, 1.82) is 5.26 Å².